The van der Waals surface area contributed by atoms with Crippen LogP contribution in [-0.4, -0.2) is 10.8 Å². The lowest BCUT2D eigenvalue weighted by atomic mass is 10.1. The highest BCUT2D eigenvalue weighted by Gasteiger charge is 2.08. The van der Waals surface area contributed by atoms with E-state index in [4.69, 9.17) is 0 Å². The number of hydrogen-bond donors (Lipinski definition) is 1. The fourth-order valence-corrected chi connectivity index (χ4v) is 1.23. The van der Waals surface area contributed by atoms with E-state index in [1.54, 1.807) is 18.5 Å². The molecule has 0 bridgehead atoms. The first-order valence-corrected chi connectivity index (χ1v) is 4.20. The molecule has 0 atom stereocenters. The van der Waals surface area contributed by atoms with Gasteiger partial charge in [-0.3, -0.25) is 4.79 Å². The number of carbonyl (C=O) groups excluding carboxylic acids is 1. The standard InChI is InChI=1S/C11H8FNO/c12-10-3-1-8(2-4-10)11(14)9-5-6-13-7-9/h1-7,13H. The van der Waals surface area contributed by atoms with Crippen molar-refractivity contribution in [3.63, 3.8) is 0 Å². The van der Waals surface area contributed by atoms with Crippen LogP contribution in [0.4, 0.5) is 4.39 Å². The van der Waals surface area contributed by atoms with E-state index in [0.717, 1.165) is 0 Å². The first kappa shape index (κ1) is 8.69. The van der Waals surface area contributed by atoms with Gasteiger partial charge in [0.1, 0.15) is 5.82 Å². The summed E-state index contributed by atoms with van der Waals surface area (Å²) in [6, 6.07) is 7.20. The molecule has 1 aromatic carbocycles. The van der Waals surface area contributed by atoms with Crippen LogP contribution >= 0.6 is 0 Å². The highest BCUT2D eigenvalue weighted by atomic mass is 19.1. The van der Waals surface area contributed by atoms with Crippen molar-refractivity contribution >= 4 is 5.78 Å². The molecule has 0 spiro atoms. The Labute approximate surface area is 80.4 Å². The number of ketones is 1. The Bertz CT molecular complexity index is 431. The molecule has 0 aliphatic carbocycles. The SMILES string of the molecule is O=C(c1ccc(F)cc1)c1cc[nH]c1. The second-order valence-electron chi connectivity index (χ2n) is 2.94. The lowest BCUT2D eigenvalue weighted by molar-refractivity contribution is 0.103. The monoisotopic (exact) mass is 189 g/mol. The molecule has 0 fully saturated rings. The van der Waals surface area contributed by atoms with Crippen LogP contribution in [0.2, 0.25) is 0 Å². The van der Waals surface area contributed by atoms with Crippen molar-refractivity contribution in [2.24, 2.45) is 0 Å². The van der Waals surface area contributed by atoms with E-state index in [2.05, 4.69) is 4.98 Å². The van der Waals surface area contributed by atoms with E-state index in [0.29, 0.717) is 11.1 Å². The molecule has 2 nitrogen and oxygen atoms in total. The van der Waals surface area contributed by atoms with Gasteiger partial charge < -0.3 is 4.98 Å². The van der Waals surface area contributed by atoms with E-state index in [1.807, 2.05) is 0 Å². The molecule has 0 radical (unpaired) electrons. The van der Waals surface area contributed by atoms with Gasteiger partial charge in [0, 0.05) is 23.5 Å². The zero-order valence-electron chi connectivity index (χ0n) is 7.33. The number of aromatic amines is 1. The molecule has 70 valence electrons. The molecule has 0 saturated carbocycles. The summed E-state index contributed by atoms with van der Waals surface area (Å²) < 4.78 is 12.6. The van der Waals surface area contributed by atoms with Crippen LogP contribution in [0, 0.1) is 5.82 Å². The minimum absolute atomic E-state index is 0.105. The molecule has 0 aliphatic rings. The van der Waals surface area contributed by atoms with Crippen molar-refractivity contribution < 1.29 is 9.18 Å². The number of rotatable bonds is 2. The van der Waals surface area contributed by atoms with Crippen LogP contribution in [0.5, 0.6) is 0 Å². The summed E-state index contributed by atoms with van der Waals surface area (Å²) in [5, 5.41) is 0. The summed E-state index contributed by atoms with van der Waals surface area (Å²) in [5.41, 5.74) is 1.07. The van der Waals surface area contributed by atoms with Crippen molar-refractivity contribution in [1.29, 1.82) is 0 Å². The Morgan fingerprint density at radius 2 is 1.79 bits per heavy atom. The Hall–Kier alpha value is -1.90. The maximum absolute atomic E-state index is 12.6. The number of halogens is 1. The molecular weight excluding hydrogens is 181 g/mol. The fraction of sp³-hybridized carbons (Fsp3) is 0. The predicted octanol–water partition coefficient (Wildman–Crippen LogP) is 2.38. The fourth-order valence-electron chi connectivity index (χ4n) is 1.23. The van der Waals surface area contributed by atoms with E-state index >= 15 is 0 Å². The molecule has 2 aromatic rings. The quantitative estimate of drug-likeness (QED) is 0.723. The molecule has 3 heteroatoms. The molecule has 0 aliphatic heterocycles. The van der Waals surface area contributed by atoms with Gasteiger partial charge in [-0.05, 0) is 30.3 Å². The van der Waals surface area contributed by atoms with Gasteiger partial charge in [-0.1, -0.05) is 0 Å². The number of benzene rings is 1. The minimum Gasteiger partial charge on any atom is -0.367 e. The first-order valence-electron chi connectivity index (χ1n) is 4.20. The summed E-state index contributed by atoms with van der Waals surface area (Å²) >= 11 is 0. The van der Waals surface area contributed by atoms with Gasteiger partial charge in [0.15, 0.2) is 5.78 Å². The molecule has 14 heavy (non-hydrogen) atoms. The molecule has 2 rings (SSSR count). The third-order valence-corrected chi connectivity index (χ3v) is 1.97. The van der Waals surface area contributed by atoms with Gasteiger partial charge in [0.2, 0.25) is 0 Å². The molecule has 0 amide bonds. The average molecular weight is 189 g/mol. The largest absolute Gasteiger partial charge is 0.367 e. The summed E-state index contributed by atoms with van der Waals surface area (Å²) in [5.74, 6) is -0.443. The highest BCUT2D eigenvalue weighted by molar-refractivity contribution is 6.08. The number of H-pyrrole nitrogens is 1. The second kappa shape index (κ2) is 3.46. The van der Waals surface area contributed by atoms with Gasteiger partial charge in [0.05, 0.1) is 0 Å². The molecule has 1 N–H and O–H groups in total. The van der Waals surface area contributed by atoms with Gasteiger partial charge in [0.25, 0.3) is 0 Å². The number of nitrogens with one attached hydrogen (secondary N) is 1. The zero-order valence-corrected chi connectivity index (χ0v) is 7.33. The van der Waals surface area contributed by atoms with Crippen LogP contribution in [0.15, 0.2) is 42.7 Å². The van der Waals surface area contributed by atoms with E-state index in [9.17, 15) is 9.18 Å². The van der Waals surface area contributed by atoms with Crippen LogP contribution in [-0.2, 0) is 0 Å². The van der Waals surface area contributed by atoms with Crippen molar-refractivity contribution in [3.05, 3.63) is 59.7 Å². The van der Waals surface area contributed by atoms with Gasteiger partial charge >= 0.3 is 0 Å². The maximum atomic E-state index is 12.6. The van der Waals surface area contributed by atoms with Crippen LogP contribution in [0.3, 0.4) is 0 Å². The van der Waals surface area contributed by atoms with Crippen molar-refractivity contribution in [2.75, 3.05) is 0 Å². The zero-order chi connectivity index (χ0) is 9.97. The van der Waals surface area contributed by atoms with E-state index in [-0.39, 0.29) is 11.6 Å². The molecular formula is C11H8FNO. The smallest absolute Gasteiger partial charge is 0.194 e. The lowest BCUT2D eigenvalue weighted by Crippen LogP contribution is -1.99. The minimum atomic E-state index is -0.337. The number of aromatic nitrogens is 1. The molecule has 1 heterocycles. The Morgan fingerprint density at radius 3 is 2.36 bits per heavy atom. The van der Waals surface area contributed by atoms with Crippen molar-refractivity contribution in [2.45, 2.75) is 0 Å². The van der Waals surface area contributed by atoms with Crippen LogP contribution in [0.25, 0.3) is 0 Å². The van der Waals surface area contributed by atoms with Crippen molar-refractivity contribution in [3.8, 4) is 0 Å². The van der Waals surface area contributed by atoms with Crippen LogP contribution in [0.1, 0.15) is 15.9 Å². The molecule has 0 unspecified atom stereocenters. The van der Waals surface area contributed by atoms with Gasteiger partial charge in [-0.25, -0.2) is 4.39 Å². The number of hydrogen-bond acceptors (Lipinski definition) is 1. The highest BCUT2D eigenvalue weighted by Crippen LogP contribution is 2.09. The Morgan fingerprint density at radius 1 is 1.07 bits per heavy atom. The summed E-state index contributed by atoms with van der Waals surface area (Å²) in [6.07, 6.45) is 3.29. The lowest BCUT2D eigenvalue weighted by Gasteiger charge is -1.97. The van der Waals surface area contributed by atoms with Gasteiger partial charge in [-0.2, -0.15) is 0 Å². The van der Waals surface area contributed by atoms with Gasteiger partial charge in [-0.15, -0.1) is 0 Å². The normalized spacial score (nSPS) is 10.1. The summed E-state index contributed by atoms with van der Waals surface area (Å²) in [4.78, 5) is 14.5. The topological polar surface area (TPSA) is 32.9 Å². The third kappa shape index (κ3) is 1.57. The predicted molar refractivity (Wildman–Crippen MR) is 50.6 cm³/mol. The third-order valence-electron chi connectivity index (χ3n) is 1.97. The van der Waals surface area contributed by atoms with E-state index < -0.39 is 0 Å². The summed E-state index contributed by atoms with van der Waals surface area (Å²) in [6.45, 7) is 0. The average Bonchev–Trinajstić information content (AvgIpc) is 2.71. The Kier molecular flexibility index (Phi) is 2.14. The maximum Gasteiger partial charge on any atom is 0.194 e. The van der Waals surface area contributed by atoms with Crippen LogP contribution < -0.4 is 0 Å². The molecule has 0 saturated heterocycles. The Balaban J connectivity index is 2.33. The van der Waals surface area contributed by atoms with E-state index in [1.165, 1.54) is 24.3 Å². The van der Waals surface area contributed by atoms with Crippen molar-refractivity contribution in [1.82, 2.24) is 4.98 Å². The first-order chi connectivity index (χ1) is 6.77. The number of carbonyl (C=O) groups is 1. The molecule has 1 aromatic heterocycles. The second-order valence-corrected chi connectivity index (χ2v) is 2.94. The summed E-state index contributed by atoms with van der Waals surface area (Å²) in [7, 11) is 0.